The molecule has 0 fully saturated rings. The molecular formula is C11H9FN6S. The van der Waals surface area contributed by atoms with Gasteiger partial charge >= 0.3 is 0 Å². The van der Waals surface area contributed by atoms with Gasteiger partial charge in [0.2, 0.25) is 5.95 Å². The number of hydrogen-bond donors (Lipinski definition) is 2. The van der Waals surface area contributed by atoms with Crippen LogP contribution in [0.25, 0.3) is 11.3 Å². The third-order valence-corrected chi connectivity index (χ3v) is 3.19. The van der Waals surface area contributed by atoms with Crippen LogP contribution in [-0.2, 0) is 0 Å². The maximum Gasteiger partial charge on any atom is 0.229 e. The maximum atomic E-state index is 13.1. The fraction of sp³-hybridized carbons (Fsp3) is 0.0909. The third-order valence-electron chi connectivity index (χ3n) is 2.44. The highest BCUT2D eigenvalue weighted by Crippen LogP contribution is 2.25. The van der Waals surface area contributed by atoms with E-state index in [1.54, 1.807) is 19.3 Å². The Morgan fingerprint density at radius 2 is 2.21 bits per heavy atom. The molecule has 0 saturated heterocycles. The number of hydrogen-bond acceptors (Lipinski definition) is 6. The minimum Gasteiger partial charge on any atom is -0.300 e. The first-order valence-corrected chi connectivity index (χ1v) is 6.31. The van der Waals surface area contributed by atoms with E-state index in [2.05, 4.69) is 30.5 Å². The molecule has 96 valence electrons. The van der Waals surface area contributed by atoms with Gasteiger partial charge in [0.1, 0.15) is 0 Å². The van der Waals surface area contributed by atoms with Crippen molar-refractivity contribution in [3.63, 3.8) is 0 Å². The number of anilines is 2. The van der Waals surface area contributed by atoms with Gasteiger partial charge in [-0.1, -0.05) is 0 Å². The van der Waals surface area contributed by atoms with Gasteiger partial charge in [-0.3, -0.25) is 5.10 Å². The molecule has 0 aliphatic rings. The highest BCUT2D eigenvalue weighted by molar-refractivity contribution is 7.14. The summed E-state index contributed by atoms with van der Waals surface area (Å²) in [6.45, 7) is 1.58. The van der Waals surface area contributed by atoms with E-state index in [1.165, 1.54) is 11.3 Å². The lowest BCUT2D eigenvalue weighted by molar-refractivity contribution is 0.602. The molecule has 8 heteroatoms. The molecule has 6 nitrogen and oxygen atoms in total. The summed E-state index contributed by atoms with van der Waals surface area (Å²) in [5.74, 6) is -0.101. The SMILES string of the molecule is Cc1nc(Nc2nc(-c3cn[nH]c3)cs2)ncc1F. The molecule has 3 aromatic rings. The van der Waals surface area contributed by atoms with Gasteiger partial charge in [0.05, 0.1) is 23.8 Å². The molecule has 0 saturated carbocycles. The number of halogens is 1. The van der Waals surface area contributed by atoms with E-state index in [9.17, 15) is 4.39 Å². The van der Waals surface area contributed by atoms with Crippen LogP contribution in [0.1, 0.15) is 5.69 Å². The molecule has 0 spiro atoms. The number of nitrogens with one attached hydrogen (secondary N) is 2. The Morgan fingerprint density at radius 3 is 2.95 bits per heavy atom. The molecule has 0 amide bonds. The van der Waals surface area contributed by atoms with E-state index in [4.69, 9.17) is 0 Å². The van der Waals surface area contributed by atoms with Gasteiger partial charge in [-0.2, -0.15) is 5.10 Å². The fourth-order valence-corrected chi connectivity index (χ4v) is 2.18. The molecule has 0 unspecified atom stereocenters. The first-order valence-electron chi connectivity index (χ1n) is 5.43. The summed E-state index contributed by atoms with van der Waals surface area (Å²) in [4.78, 5) is 12.2. The number of thiazole rings is 1. The Hall–Kier alpha value is -2.35. The third kappa shape index (κ3) is 2.43. The van der Waals surface area contributed by atoms with Gasteiger partial charge < -0.3 is 5.32 Å². The first-order chi connectivity index (χ1) is 9.22. The number of aromatic nitrogens is 5. The number of aryl methyl sites for hydroxylation is 1. The fourth-order valence-electron chi connectivity index (χ4n) is 1.46. The van der Waals surface area contributed by atoms with E-state index in [0.29, 0.717) is 16.8 Å². The van der Waals surface area contributed by atoms with Crippen molar-refractivity contribution < 1.29 is 4.39 Å². The molecule has 0 bridgehead atoms. The number of rotatable bonds is 3. The second kappa shape index (κ2) is 4.73. The van der Waals surface area contributed by atoms with Crippen LogP contribution >= 0.6 is 11.3 Å². The van der Waals surface area contributed by atoms with Crippen LogP contribution in [0.5, 0.6) is 0 Å². The Morgan fingerprint density at radius 1 is 1.32 bits per heavy atom. The van der Waals surface area contributed by atoms with Crippen LogP contribution in [-0.4, -0.2) is 25.1 Å². The Labute approximate surface area is 111 Å². The topological polar surface area (TPSA) is 79.4 Å². The summed E-state index contributed by atoms with van der Waals surface area (Å²) in [5, 5.41) is 12.1. The van der Waals surface area contributed by atoms with Crippen LogP contribution in [0, 0.1) is 12.7 Å². The van der Waals surface area contributed by atoms with Crippen molar-refractivity contribution in [2.45, 2.75) is 6.92 Å². The largest absolute Gasteiger partial charge is 0.300 e. The lowest BCUT2D eigenvalue weighted by Gasteiger charge is -2.01. The molecule has 0 atom stereocenters. The van der Waals surface area contributed by atoms with Crippen molar-refractivity contribution >= 4 is 22.4 Å². The van der Waals surface area contributed by atoms with Gasteiger partial charge in [-0.25, -0.2) is 19.3 Å². The predicted octanol–water partition coefficient (Wildman–Crippen LogP) is 2.51. The number of aromatic amines is 1. The smallest absolute Gasteiger partial charge is 0.229 e. The van der Waals surface area contributed by atoms with Crippen LogP contribution < -0.4 is 5.32 Å². The molecule has 0 aliphatic carbocycles. The zero-order valence-electron chi connectivity index (χ0n) is 9.88. The average molecular weight is 276 g/mol. The highest BCUT2D eigenvalue weighted by atomic mass is 32.1. The van der Waals surface area contributed by atoms with E-state index < -0.39 is 5.82 Å². The maximum absolute atomic E-state index is 13.1. The van der Waals surface area contributed by atoms with Gasteiger partial charge in [0, 0.05) is 17.1 Å². The summed E-state index contributed by atoms with van der Waals surface area (Å²) < 4.78 is 13.1. The van der Waals surface area contributed by atoms with Crippen LogP contribution in [0.4, 0.5) is 15.5 Å². The molecule has 2 N–H and O–H groups in total. The zero-order valence-corrected chi connectivity index (χ0v) is 10.7. The molecule has 0 aromatic carbocycles. The quantitative estimate of drug-likeness (QED) is 0.768. The summed E-state index contributed by atoms with van der Waals surface area (Å²) >= 11 is 1.42. The van der Waals surface area contributed by atoms with Gasteiger partial charge in [0.15, 0.2) is 10.9 Å². The van der Waals surface area contributed by atoms with Crippen molar-refractivity contribution in [3.05, 3.63) is 35.5 Å². The number of H-pyrrole nitrogens is 1. The molecule has 0 aliphatic heterocycles. The summed E-state index contributed by atoms with van der Waals surface area (Å²) in [6, 6.07) is 0. The minimum atomic E-state index is -0.427. The van der Waals surface area contributed by atoms with Gasteiger partial charge in [0.25, 0.3) is 0 Å². The molecule has 19 heavy (non-hydrogen) atoms. The minimum absolute atomic E-state index is 0.295. The van der Waals surface area contributed by atoms with E-state index in [0.717, 1.165) is 17.5 Å². The monoisotopic (exact) mass is 276 g/mol. The lowest BCUT2D eigenvalue weighted by atomic mass is 10.3. The molecular weight excluding hydrogens is 267 g/mol. The van der Waals surface area contributed by atoms with Gasteiger partial charge in [-0.05, 0) is 6.92 Å². The normalized spacial score (nSPS) is 10.6. The first kappa shape index (κ1) is 11.7. The second-order valence-corrected chi connectivity index (χ2v) is 4.63. The zero-order chi connectivity index (χ0) is 13.2. The molecule has 3 rings (SSSR count). The lowest BCUT2D eigenvalue weighted by Crippen LogP contribution is -1.99. The van der Waals surface area contributed by atoms with Crippen molar-refractivity contribution in [1.82, 2.24) is 25.1 Å². The van der Waals surface area contributed by atoms with Crippen LogP contribution in [0.3, 0.4) is 0 Å². The van der Waals surface area contributed by atoms with E-state index in [1.807, 2.05) is 5.38 Å². The highest BCUT2D eigenvalue weighted by Gasteiger charge is 2.08. The predicted molar refractivity (Wildman–Crippen MR) is 69.7 cm³/mol. The van der Waals surface area contributed by atoms with E-state index >= 15 is 0 Å². The standard InChI is InChI=1S/C11H9FN6S/c1-6-8(12)4-13-10(16-6)18-11-17-9(5-19-11)7-2-14-15-3-7/h2-5H,1H3,(H,14,15)(H,13,16,17,18). The Balaban J connectivity index is 1.82. The van der Waals surface area contributed by atoms with Crippen LogP contribution in [0.15, 0.2) is 24.0 Å². The summed E-state index contributed by atoms with van der Waals surface area (Å²) in [6.07, 6.45) is 4.59. The average Bonchev–Trinajstić information content (AvgIpc) is 3.04. The van der Waals surface area contributed by atoms with Crippen molar-refractivity contribution in [2.24, 2.45) is 0 Å². The van der Waals surface area contributed by atoms with Gasteiger partial charge in [-0.15, -0.1) is 11.3 Å². The van der Waals surface area contributed by atoms with Crippen molar-refractivity contribution in [2.75, 3.05) is 5.32 Å². The second-order valence-electron chi connectivity index (χ2n) is 3.78. The molecule has 0 radical (unpaired) electrons. The summed E-state index contributed by atoms with van der Waals surface area (Å²) in [7, 11) is 0. The molecule has 3 aromatic heterocycles. The Bertz CT molecular complexity index is 693. The number of nitrogens with zero attached hydrogens (tertiary/aromatic N) is 4. The van der Waals surface area contributed by atoms with Crippen molar-refractivity contribution in [3.8, 4) is 11.3 Å². The Kier molecular flexibility index (Phi) is 2.92. The van der Waals surface area contributed by atoms with Crippen LogP contribution in [0.2, 0.25) is 0 Å². The summed E-state index contributed by atoms with van der Waals surface area (Å²) in [5.41, 5.74) is 2.00. The van der Waals surface area contributed by atoms with Crippen molar-refractivity contribution in [1.29, 1.82) is 0 Å². The van der Waals surface area contributed by atoms with E-state index in [-0.39, 0.29) is 0 Å². The molecule has 3 heterocycles.